The minimum Gasteiger partial charge on any atom is -0.334 e. The van der Waals surface area contributed by atoms with Crippen molar-refractivity contribution in [3.8, 4) is 5.69 Å². The van der Waals surface area contributed by atoms with Gasteiger partial charge in [-0.15, -0.1) is 0 Å². The van der Waals surface area contributed by atoms with E-state index in [9.17, 15) is 18.8 Å². The van der Waals surface area contributed by atoms with E-state index in [0.29, 0.717) is 30.8 Å². The first-order valence-corrected chi connectivity index (χ1v) is 9.76. The second kappa shape index (κ2) is 6.40. The van der Waals surface area contributed by atoms with Crippen LogP contribution in [0, 0.1) is 5.82 Å². The van der Waals surface area contributed by atoms with Gasteiger partial charge in [0.2, 0.25) is 0 Å². The van der Waals surface area contributed by atoms with Crippen LogP contribution in [0.4, 0.5) is 9.18 Å². The number of piperidine rings is 1. The van der Waals surface area contributed by atoms with Crippen LogP contribution in [0.3, 0.4) is 0 Å². The number of hydrogen-bond acceptors (Lipinski definition) is 4. The van der Waals surface area contributed by atoms with E-state index in [0.717, 1.165) is 30.5 Å². The monoisotopic (exact) mass is 397 g/mol. The number of nitrogens with zero attached hydrogens (tertiary/aromatic N) is 3. The van der Waals surface area contributed by atoms with Gasteiger partial charge >= 0.3 is 6.03 Å². The van der Waals surface area contributed by atoms with Crippen molar-refractivity contribution in [2.75, 3.05) is 13.1 Å². The van der Waals surface area contributed by atoms with Crippen molar-refractivity contribution < 1.29 is 18.8 Å². The zero-order valence-electron chi connectivity index (χ0n) is 15.7. The Balaban J connectivity index is 1.48. The summed E-state index contributed by atoms with van der Waals surface area (Å²) in [5.41, 5.74) is 1.68. The predicted octanol–water partition coefficient (Wildman–Crippen LogP) is 1.31. The van der Waals surface area contributed by atoms with Crippen LogP contribution in [-0.2, 0) is 17.6 Å². The second-order valence-corrected chi connectivity index (χ2v) is 7.84. The highest BCUT2D eigenvalue weighted by molar-refractivity contribution is 6.07. The summed E-state index contributed by atoms with van der Waals surface area (Å²) in [6.45, 7) is 0.607. The lowest BCUT2D eigenvalue weighted by atomic mass is 9.89. The molecule has 150 valence electrons. The molecule has 1 unspecified atom stereocenters. The SMILES string of the molecule is O=C1NC(=O)C2(CCCN(C(=O)c3nn(-c4cccc(F)c4)c4c3CCC4)C2)N1. The third-order valence-corrected chi connectivity index (χ3v) is 5.98. The molecule has 2 N–H and O–H groups in total. The van der Waals surface area contributed by atoms with Crippen molar-refractivity contribution in [3.05, 3.63) is 47.0 Å². The molecule has 0 saturated carbocycles. The van der Waals surface area contributed by atoms with Crippen LogP contribution < -0.4 is 10.6 Å². The van der Waals surface area contributed by atoms with Gasteiger partial charge in [0, 0.05) is 17.8 Å². The number of hydrogen-bond donors (Lipinski definition) is 2. The molecule has 1 aliphatic carbocycles. The van der Waals surface area contributed by atoms with Gasteiger partial charge in [0.05, 0.1) is 12.2 Å². The van der Waals surface area contributed by atoms with Gasteiger partial charge in [-0.25, -0.2) is 13.9 Å². The third-order valence-electron chi connectivity index (χ3n) is 5.98. The summed E-state index contributed by atoms with van der Waals surface area (Å²) in [7, 11) is 0. The number of carbonyl (C=O) groups excluding carboxylic acids is 3. The summed E-state index contributed by atoms with van der Waals surface area (Å²) in [4.78, 5) is 38.8. The Labute approximate surface area is 166 Å². The molecule has 0 radical (unpaired) electrons. The van der Waals surface area contributed by atoms with E-state index in [-0.39, 0.29) is 18.3 Å². The molecule has 2 aliphatic heterocycles. The number of likely N-dealkylation sites (tertiary alicyclic amines) is 1. The molecule has 0 bridgehead atoms. The standard InChI is InChI=1S/C20H20FN5O3/c21-12-4-1-5-13(10-12)26-15-7-2-6-14(15)16(24-26)17(27)25-9-3-8-20(11-25)18(28)22-19(29)23-20/h1,4-5,10H,2-3,6-9,11H2,(H2,22,23,28,29). The van der Waals surface area contributed by atoms with Crippen LogP contribution in [-0.4, -0.2) is 51.2 Å². The van der Waals surface area contributed by atoms with Gasteiger partial charge < -0.3 is 10.2 Å². The predicted molar refractivity (Wildman–Crippen MR) is 100 cm³/mol. The third kappa shape index (κ3) is 2.80. The highest BCUT2D eigenvalue weighted by Crippen LogP contribution is 2.31. The Kier molecular flexibility index (Phi) is 3.94. The van der Waals surface area contributed by atoms with Crippen molar-refractivity contribution in [3.63, 3.8) is 0 Å². The van der Waals surface area contributed by atoms with Gasteiger partial charge in [0.25, 0.3) is 11.8 Å². The Morgan fingerprint density at radius 3 is 2.83 bits per heavy atom. The average Bonchev–Trinajstić information content (AvgIpc) is 3.36. The molecule has 8 nitrogen and oxygen atoms in total. The number of fused-ring (bicyclic) bond motifs is 1. The molecule has 1 aromatic heterocycles. The Hall–Kier alpha value is -3.23. The first-order valence-electron chi connectivity index (χ1n) is 9.76. The van der Waals surface area contributed by atoms with Crippen LogP contribution >= 0.6 is 0 Å². The molecule has 1 aromatic carbocycles. The van der Waals surface area contributed by atoms with E-state index in [2.05, 4.69) is 15.7 Å². The first-order chi connectivity index (χ1) is 14.0. The topological polar surface area (TPSA) is 96.3 Å². The summed E-state index contributed by atoms with van der Waals surface area (Å²) in [5, 5.41) is 9.49. The molecular formula is C20H20FN5O3. The van der Waals surface area contributed by atoms with Crippen molar-refractivity contribution in [1.29, 1.82) is 0 Å². The molecule has 29 heavy (non-hydrogen) atoms. The van der Waals surface area contributed by atoms with Crippen molar-refractivity contribution in [1.82, 2.24) is 25.3 Å². The van der Waals surface area contributed by atoms with Gasteiger partial charge in [-0.2, -0.15) is 5.10 Å². The number of aromatic nitrogens is 2. The highest BCUT2D eigenvalue weighted by Gasteiger charge is 2.50. The second-order valence-electron chi connectivity index (χ2n) is 7.84. The van der Waals surface area contributed by atoms with Gasteiger partial charge in [-0.05, 0) is 50.3 Å². The Morgan fingerprint density at radius 2 is 2.07 bits per heavy atom. The van der Waals surface area contributed by atoms with Crippen molar-refractivity contribution >= 4 is 17.8 Å². The lowest BCUT2D eigenvalue weighted by Crippen LogP contribution is -2.59. The minimum atomic E-state index is -1.07. The smallest absolute Gasteiger partial charge is 0.322 e. The zero-order valence-corrected chi connectivity index (χ0v) is 15.7. The fourth-order valence-electron chi connectivity index (χ4n) is 4.62. The van der Waals surface area contributed by atoms with E-state index < -0.39 is 17.5 Å². The molecule has 2 fully saturated rings. The number of rotatable bonds is 2. The first kappa shape index (κ1) is 17.8. The van der Waals surface area contributed by atoms with E-state index in [1.807, 2.05) is 0 Å². The number of urea groups is 1. The summed E-state index contributed by atoms with van der Waals surface area (Å²) >= 11 is 0. The average molecular weight is 397 g/mol. The van der Waals surface area contributed by atoms with E-state index in [1.54, 1.807) is 21.7 Å². The maximum absolute atomic E-state index is 13.7. The lowest BCUT2D eigenvalue weighted by molar-refractivity contribution is -0.125. The minimum absolute atomic E-state index is 0.116. The number of carbonyl (C=O) groups is 3. The Bertz CT molecular complexity index is 1050. The maximum Gasteiger partial charge on any atom is 0.322 e. The van der Waals surface area contributed by atoms with Crippen molar-refractivity contribution in [2.45, 2.75) is 37.6 Å². The van der Waals surface area contributed by atoms with Crippen LogP contribution in [0.25, 0.3) is 5.69 Å². The largest absolute Gasteiger partial charge is 0.334 e. The van der Waals surface area contributed by atoms with Crippen LogP contribution in [0.1, 0.15) is 41.0 Å². The quantitative estimate of drug-likeness (QED) is 0.747. The number of nitrogens with one attached hydrogen (secondary N) is 2. The maximum atomic E-state index is 13.7. The lowest BCUT2D eigenvalue weighted by Gasteiger charge is -2.37. The summed E-state index contributed by atoms with van der Waals surface area (Å²) in [6, 6.07) is 5.62. The summed E-state index contributed by atoms with van der Waals surface area (Å²) in [6.07, 6.45) is 3.51. The highest BCUT2D eigenvalue weighted by atomic mass is 19.1. The molecule has 9 heteroatoms. The number of amides is 4. The number of benzene rings is 1. The fourth-order valence-corrected chi connectivity index (χ4v) is 4.62. The molecule has 2 aromatic rings. The van der Waals surface area contributed by atoms with E-state index >= 15 is 0 Å². The van der Waals surface area contributed by atoms with Gasteiger partial charge in [0.1, 0.15) is 11.4 Å². The summed E-state index contributed by atoms with van der Waals surface area (Å²) in [5.74, 6) is -1.01. The van der Waals surface area contributed by atoms with Gasteiger partial charge in [-0.3, -0.25) is 14.9 Å². The van der Waals surface area contributed by atoms with Crippen LogP contribution in [0.5, 0.6) is 0 Å². The zero-order chi connectivity index (χ0) is 20.2. The number of imide groups is 1. The molecule has 5 rings (SSSR count). The van der Waals surface area contributed by atoms with Gasteiger partial charge in [0.15, 0.2) is 5.69 Å². The van der Waals surface area contributed by atoms with Crippen molar-refractivity contribution in [2.24, 2.45) is 0 Å². The van der Waals surface area contributed by atoms with E-state index in [1.165, 1.54) is 12.1 Å². The molecule has 4 amide bonds. The summed E-state index contributed by atoms with van der Waals surface area (Å²) < 4.78 is 15.4. The molecule has 3 heterocycles. The van der Waals surface area contributed by atoms with Gasteiger partial charge in [-0.1, -0.05) is 6.07 Å². The normalized spacial score (nSPS) is 23.3. The van der Waals surface area contributed by atoms with Crippen LogP contribution in [0.2, 0.25) is 0 Å². The Morgan fingerprint density at radius 1 is 1.21 bits per heavy atom. The molecular weight excluding hydrogens is 377 g/mol. The number of halogens is 1. The molecule has 1 spiro atoms. The van der Waals surface area contributed by atoms with Crippen LogP contribution in [0.15, 0.2) is 24.3 Å². The molecule has 2 saturated heterocycles. The molecule has 3 aliphatic rings. The fraction of sp³-hybridized carbons (Fsp3) is 0.400. The van der Waals surface area contributed by atoms with E-state index in [4.69, 9.17) is 0 Å². The molecule has 1 atom stereocenters.